The van der Waals surface area contributed by atoms with Crippen molar-refractivity contribution < 1.29 is 9.18 Å². The molecule has 2 atom stereocenters. The lowest BCUT2D eigenvalue weighted by atomic mass is 9.91. The number of likely N-dealkylation sites (tertiary alicyclic amines) is 1. The predicted octanol–water partition coefficient (Wildman–Crippen LogP) is 4.48. The summed E-state index contributed by atoms with van der Waals surface area (Å²) in [6.45, 7) is 0.354. The first-order valence-electron chi connectivity index (χ1n) is 6.49. The lowest BCUT2D eigenvalue weighted by Crippen LogP contribution is -2.62. The topological polar surface area (TPSA) is 20.3 Å². The third-order valence-electron chi connectivity index (χ3n) is 3.60. The minimum absolute atomic E-state index is 0.354. The fourth-order valence-corrected chi connectivity index (χ4v) is 3.52. The van der Waals surface area contributed by atoms with Crippen LogP contribution in [0, 0.1) is 0 Å². The van der Waals surface area contributed by atoms with Crippen molar-refractivity contribution in [2.75, 3.05) is 0 Å². The average molecular weight is 369 g/mol. The van der Waals surface area contributed by atoms with Gasteiger partial charge in [-0.05, 0) is 33.1 Å². The number of alkyl halides is 2. The van der Waals surface area contributed by atoms with Gasteiger partial charge in [0.05, 0.1) is 0 Å². The fraction of sp³-hybridized carbons (Fsp3) is 0.188. The quantitative estimate of drug-likeness (QED) is 0.577. The zero-order chi connectivity index (χ0) is 15.0. The highest BCUT2D eigenvalue weighted by molar-refractivity contribution is 9.10. The van der Waals surface area contributed by atoms with Gasteiger partial charge in [-0.1, -0.05) is 60.1 Å². The van der Waals surface area contributed by atoms with Crippen LogP contribution in [-0.2, 0) is 11.3 Å². The largest absolute Gasteiger partial charge is 0.323 e. The molecule has 2 nitrogen and oxygen atoms in total. The van der Waals surface area contributed by atoms with Crippen molar-refractivity contribution in [1.82, 2.24) is 4.90 Å². The highest BCUT2D eigenvalue weighted by Gasteiger charge is 2.61. The Morgan fingerprint density at radius 1 is 1.14 bits per heavy atom. The van der Waals surface area contributed by atoms with Crippen molar-refractivity contribution >= 4 is 33.4 Å². The number of benzene rings is 2. The number of carbonyl (C=O) groups excluding carboxylic acids is 1. The van der Waals surface area contributed by atoms with E-state index in [9.17, 15) is 9.18 Å². The molecule has 21 heavy (non-hydrogen) atoms. The van der Waals surface area contributed by atoms with E-state index in [0.717, 1.165) is 5.56 Å². The van der Waals surface area contributed by atoms with Gasteiger partial charge in [-0.3, -0.25) is 4.79 Å². The summed E-state index contributed by atoms with van der Waals surface area (Å²) in [7, 11) is 0. The monoisotopic (exact) mass is 367 g/mol. The summed E-state index contributed by atoms with van der Waals surface area (Å²) >= 11 is 9.05. The lowest BCUT2D eigenvalue weighted by molar-refractivity contribution is -0.164. The maximum absolute atomic E-state index is 14.5. The van der Waals surface area contributed by atoms with Crippen LogP contribution < -0.4 is 0 Å². The van der Waals surface area contributed by atoms with Gasteiger partial charge in [0, 0.05) is 11.6 Å². The zero-order valence-corrected chi connectivity index (χ0v) is 13.3. The number of carbonyl (C=O) groups is 1. The Morgan fingerprint density at radius 3 is 2.43 bits per heavy atom. The first kappa shape index (κ1) is 14.5. The maximum atomic E-state index is 14.5. The van der Waals surface area contributed by atoms with E-state index in [4.69, 9.17) is 11.6 Å². The summed E-state index contributed by atoms with van der Waals surface area (Å²) in [5.74, 6) is -0.573. The molecule has 2 aromatic carbocycles. The molecule has 1 saturated heterocycles. The highest BCUT2D eigenvalue weighted by Crippen LogP contribution is 2.52. The molecule has 0 N–H and O–H groups in total. The molecular formula is C16H12BrClFNO. The second-order valence-electron chi connectivity index (χ2n) is 4.97. The molecule has 108 valence electrons. The lowest BCUT2D eigenvalue weighted by Gasteiger charge is -2.48. The van der Waals surface area contributed by atoms with Crippen LogP contribution in [0.5, 0.6) is 0 Å². The molecule has 0 aliphatic carbocycles. The Labute approximate surface area is 135 Å². The first-order valence-corrected chi connectivity index (χ1v) is 7.66. The van der Waals surface area contributed by atoms with E-state index in [1.165, 1.54) is 4.90 Å². The second kappa shape index (κ2) is 5.43. The van der Waals surface area contributed by atoms with Crippen molar-refractivity contribution in [3.05, 3.63) is 70.7 Å². The van der Waals surface area contributed by atoms with Crippen LogP contribution in [0.15, 0.2) is 54.6 Å². The normalized spacial score (nSPS) is 24.8. The smallest absolute Gasteiger partial charge is 0.274 e. The Balaban J connectivity index is 1.93. The van der Waals surface area contributed by atoms with E-state index in [2.05, 4.69) is 15.9 Å². The van der Waals surface area contributed by atoms with Crippen LogP contribution in [0.2, 0.25) is 5.02 Å². The maximum Gasteiger partial charge on any atom is 0.274 e. The van der Waals surface area contributed by atoms with Gasteiger partial charge < -0.3 is 4.90 Å². The Morgan fingerprint density at radius 2 is 1.76 bits per heavy atom. The number of hydrogen-bond acceptors (Lipinski definition) is 1. The van der Waals surface area contributed by atoms with Crippen molar-refractivity contribution in [1.29, 1.82) is 0 Å². The Hall–Kier alpha value is -1.39. The molecule has 0 aromatic heterocycles. The molecule has 0 spiro atoms. The summed E-state index contributed by atoms with van der Waals surface area (Å²) in [5, 5.41) is 0.453. The third kappa shape index (κ3) is 2.47. The average Bonchev–Trinajstić information content (AvgIpc) is 2.49. The van der Waals surface area contributed by atoms with Crippen molar-refractivity contribution in [3.63, 3.8) is 0 Å². The molecule has 0 saturated carbocycles. The molecule has 1 fully saturated rings. The number of rotatable bonds is 3. The van der Waals surface area contributed by atoms with Crippen LogP contribution in [0.3, 0.4) is 0 Å². The molecule has 1 aliphatic rings. The summed E-state index contributed by atoms with van der Waals surface area (Å²) < 4.78 is 12.5. The molecule has 0 radical (unpaired) electrons. The van der Waals surface area contributed by atoms with Crippen molar-refractivity contribution in [3.8, 4) is 0 Å². The minimum Gasteiger partial charge on any atom is -0.323 e. The number of nitrogens with zero attached hydrogens (tertiary/aromatic N) is 1. The number of halogens is 3. The highest BCUT2D eigenvalue weighted by atomic mass is 79.9. The van der Waals surface area contributed by atoms with Gasteiger partial charge >= 0.3 is 0 Å². The predicted molar refractivity (Wildman–Crippen MR) is 84.0 cm³/mol. The minimum atomic E-state index is -2.09. The molecule has 1 aliphatic heterocycles. The molecule has 1 heterocycles. The van der Waals surface area contributed by atoms with E-state index >= 15 is 0 Å². The van der Waals surface area contributed by atoms with Crippen LogP contribution in [0.25, 0.3) is 0 Å². The van der Waals surface area contributed by atoms with Crippen molar-refractivity contribution in [2.45, 2.75) is 17.2 Å². The molecule has 0 bridgehead atoms. The van der Waals surface area contributed by atoms with Gasteiger partial charge in [0.25, 0.3) is 10.5 Å². The molecule has 1 amide bonds. The van der Waals surface area contributed by atoms with Crippen LogP contribution in [0.4, 0.5) is 4.39 Å². The van der Waals surface area contributed by atoms with Gasteiger partial charge in [-0.2, -0.15) is 0 Å². The van der Waals surface area contributed by atoms with Gasteiger partial charge in [-0.15, -0.1) is 0 Å². The Bertz CT molecular complexity index is 677. The second-order valence-corrected chi connectivity index (χ2v) is 6.53. The van der Waals surface area contributed by atoms with E-state index < -0.39 is 16.5 Å². The molecule has 2 aromatic rings. The van der Waals surface area contributed by atoms with E-state index in [1.54, 1.807) is 24.3 Å². The SMILES string of the molecule is O=C1N(Cc2ccccc2)[C@H](c2ccccc2Cl)[C@]1(F)Br. The third-order valence-corrected chi connectivity index (χ3v) is 4.71. The number of hydrogen-bond donors (Lipinski definition) is 0. The van der Waals surface area contributed by atoms with Gasteiger partial charge in [0.15, 0.2) is 0 Å². The van der Waals surface area contributed by atoms with E-state index in [0.29, 0.717) is 17.1 Å². The molecule has 0 unspecified atom stereocenters. The number of amides is 1. The van der Waals surface area contributed by atoms with Crippen LogP contribution >= 0.6 is 27.5 Å². The van der Waals surface area contributed by atoms with Gasteiger partial charge in [0.2, 0.25) is 0 Å². The fourth-order valence-electron chi connectivity index (χ4n) is 2.56. The molecular weight excluding hydrogens is 357 g/mol. The standard InChI is InChI=1S/C16H12BrClFNO/c17-16(19)14(12-8-4-5-9-13(12)18)20(15(16)21)10-11-6-2-1-3-7-11/h1-9,14H,10H2/t14-,16-/m1/s1. The first-order chi connectivity index (χ1) is 10.0. The van der Waals surface area contributed by atoms with Crippen molar-refractivity contribution in [2.24, 2.45) is 0 Å². The van der Waals surface area contributed by atoms with Crippen LogP contribution in [0.1, 0.15) is 17.2 Å². The summed E-state index contributed by atoms with van der Waals surface area (Å²) in [4.78, 5) is 13.5. The number of β-lactam (4-membered cyclic amide) rings is 1. The summed E-state index contributed by atoms with van der Waals surface area (Å²) in [5.41, 5.74) is 1.56. The van der Waals surface area contributed by atoms with E-state index in [1.807, 2.05) is 30.3 Å². The van der Waals surface area contributed by atoms with Gasteiger partial charge in [0.1, 0.15) is 6.04 Å². The van der Waals surface area contributed by atoms with Crippen LogP contribution in [-0.4, -0.2) is 15.4 Å². The zero-order valence-electron chi connectivity index (χ0n) is 11.0. The van der Waals surface area contributed by atoms with Gasteiger partial charge in [-0.25, -0.2) is 4.39 Å². The summed E-state index contributed by atoms with van der Waals surface area (Å²) in [6, 6.07) is 15.8. The molecule has 5 heteroatoms. The Kier molecular flexibility index (Phi) is 3.76. The molecule has 3 rings (SSSR count). The summed E-state index contributed by atoms with van der Waals surface area (Å²) in [6.07, 6.45) is 0. The van der Waals surface area contributed by atoms with E-state index in [-0.39, 0.29) is 0 Å².